The zero-order valence-electron chi connectivity index (χ0n) is 19.2. The topological polar surface area (TPSA) is 86.8 Å². The molecule has 0 aliphatic carbocycles. The minimum atomic E-state index is -3.79. The normalized spacial score (nSPS) is 12.2. The van der Waals surface area contributed by atoms with E-state index in [1.54, 1.807) is 25.1 Å². The van der Waals surface area contributed by atoms with Crippen LogP contribution in [-0.2, 0) is 26.2 Å². The quantitative estimate of drug-likeness (QED) is 0.469. The van der Waals surface area contributed by atoms with Crippen LogP contribution in [-0.4, -0.2) is 51.0 Å². The van der Waals surface area contributed by atoms with Crippen molar-refractivity contribution in [3.8, 4) is 0 Å². The molecule has 0 fully saturated rings. The number of carbonyl (C=O) groups excluding carboxylic acids is 2. The fraction of sp³-hybridized carbons (Fsp3) is 0.391. The van der Waals surface area contributed by atoms with Gasteiger partial charge in [-0.15, -0.1) is 0 Å². The average molecular weight is 532 g/mol. The lowest BCUT2D eigenvalue weighted by molar-refractivity contribution is -0.141. The Morgan fingerprint density at radius 2 is 1.71 bits per heavy atom. The van der Waals surface area contributed by atoms with Gasteiger partial charge in [0.1, 0.15) is 11.9 Å². The van der Waals surface area contributed by atoms with Crippen LogP contribution in [0.4, 0.5) is 10.1 Å². The van der Waals surface area contributed by atoms with Crippen LogP contribution in [0, 0.1) is 5.82 Å². The summed E-state index contributed by atoms with van der Waals surface area (Å²) in [5.74, 6) is -1.41. The molecule has 1 N–H and O–H groups in total. The molecule has 0 bridgehead atoms. The zero-order valence-corrected chi connectivity index (χ0v) is 21.6. The molecule has 0 heterocycles. The van der Waals surface area contributed by atoms with E-state index >= 15 is 0 Å². The van der Waals surface area contributed by atoms with E-state index in [0.717, 1.165) is 10.6 Å². The second-order valence-electron chi connectivity index (χ2n) is 7.65. The van der Waals surface area contributed by atoms with Crippen LogP contribution in [0.3, 0.4) is 0 Å². The molecule has 1 atom stereocenters. The number of sulfonamides is 1. The first-order valence-electron chi connectivity index (χ1n) is 10.7. The molecule has 186 valence electrons. The van der Waals surface area contributed by atoms with Crippen molar-refractivity contribution < 1.29 is 22.4 Å². The number of anilines is 1. The molecule has 0 spiro atoms. The first kappa shape index (κ1) is 27.9. The standard InChI is InChI=1S/C23H28Cl2FN3O4S/c1-4-20(23(31)27-2)28(15-16-17(24)9-7-10-18(16)25)22(30)13-8-14-29(34(3,32)33)21-12-6-5-11-19(21)26/h5-7,9-12,20H,4,8,13-15H2,1-3H3,(H,27,31). The van der Waals surface area contributed by atoms with E-state index in [2.05, 4.69) is 5.32 Å². The monoisotopic (exact) mass is 531 g/mol. The Labute approximate surface area is 209 Å². The van der Waals surface area contributed by atoms with Gasteiger partial charge >= 0.3 is 0 Å². The molecule has 2 aromatic carbocycles. The summed E-state index contributed by atoms with van der Waals surface area (Å²) in [5.41, 5.74) is 0.416. The van der Waals surface area contributed by atoms with Gasteiger partial charge in [-0.2, -0.15) is 0 Å². The molecule has 2 amide bonds. The average Bonchev–Trinajstić information content (AvgIpc) is 2.78. The summed E-state index contributed by atoms with van der Waals surface area (Å²) < 4.78 is 39.7. The highest BCUT2D eigenvalue weighted by molar-refractivity contribution is 7.92. The lowest BCUT2D eigenvalue weighted by Crippen LogP contribution is -2.48. The Morgan fingerprint density at radius 1 is 1.09 bits per heavy atom. The second-order valence-corrected chi connectivity index (χ2v) is 10.4. The van der Waals surface area contributed by atoms with Crippen molar-refractivity contribution >= 4 is 50.7 Å². The first-order chi connectivity index (χ1) is 16.0. The van der Waals surface area contributed by atoms with Gasteiger partial charge in [-0.3, -0.25) is 13.9 Å². The highest BCUT2D eigenvalue weighted by atomic mass is 35.5. The molecule has 2 aromatic rings. The van der Waals surface area contributed by atoms with Crippen LogP contribution >= 0.6 is 23.2 Å². The SMILES string of the molecule is CCC(C(=O)NC)N(Cc1c(Cl)cccc1Cl)C(=O)CCCN(c1ccccc1F)S(C)(=O)=O. The number of amides is 2. The van der Waals surface area contributed by atoms with Crippen LogP contribution in [0.25, 0.3) is 0 Å². The first-order valence-corrected chi connectivity index (χ1v) is 13.3. The van der Waals surface area contributed by atoms with Gasteiger partial charge in [0.25, 0.3) is 0 Å². The van der Waals surface area contributed by atoms with Crippen molar-refractivity contribution in [1.82, 2.24) is 10.2 Å². The molecule has 0 saturated heterocycles. The minimum Gasteiger partial charge on any atom is -0.357 e. The van der Waals surface area contributed by atoms with Gasteiger partial charge in [0.15, 0.2) is 0 Å². The Kier molecular flexibility index (Phi) is 10.1. The summed E-state index contributed by atoms with van der Waals surface area (Å²) in [5, 5.41) is 3.28. The van der Waals surface area contributed by atoms with Crippen LogP contribution in [0.1, 0.15) is 31.7 Å². The minimum absolute atomic E-state index is 0.00632. The molecule has 0 aliphatic heterocycles. The Balaban J connectivity index is 2.25. The molecule has 34 heavy (non-hydrogen) atoms. The summed E-state index contributed by atoms with van der Waals surface area (Å²) in [6.07, 6.45) is 1.36. The van der Waals surface area contributed by atoms with Crippen LogP contribution < -0.4 is 9.62 Å². The van der Waals surface area contributed by atoms with E-state index in [1.807, 2.05) is 0 Å². The van der Waals surface area contributed by atoms with Gasteiger partial charge in [-0.25, -0.2) is 12.8 Å². The van der Waals surface area contributed by atoms with Gasteiger partial charge in [-0.05, 0) is 37.1 Å². The van der Waals surface area contributed by atoms with E-state index in [9.17, 15) is 22.4 Å². The molecular weight excluding hydrogens is 504 g/mol. The van der Waals surface area contributed by atoms with Gasteiger partial charge in [0.2, 0.25) is 21.8 Å². The summed E-state index contributed by atoms with van der Waals surface area (Å²) in [4.78, 5) is 27.1. The number of hydrogen-bond donors (Lipinski definition) is 1. The number of nitrogens with zero attached hydrogens (tertiary/aromatic N) is 2. The Bertz CT molecular complexity index is 1110. The molecule has 0 saturated carbocycles. The number of likely N-dealkylation sites (N-methyl/N-ethyl adjacent to an activating group) is 1. The van der Waals surface area contributed by atoms with Gasteiger partial charge < -0.3 is 10.2 Å². The van der Waals surface area contributed by atoms with Crippen molar-refractivity contribution in [2.75, 3.05) is 24.2 Å². The maximum Gasteiger partial charge on any atom is 0.242 e. The predicted molar refractivity (Wildman–Crippen MR) is 133 cm³/mol. The van der Waals surface area contributed by atoms with Crippen LogP contribution in [0.15, 0.2) is 42.5 Å². The summed E-state index contributed by atoms with van der Waals surface area (Å²) in [6.45, 7) is 1.67. The van der Waals surface area contributed by atoms with E-state index in [-0.39, 0.29) is 43.4 Å². The Morgan fingerprint density at radius 3 is 2.24 bits per heavy atom. The lowest BCUT2D eigenvalue weighted by Gasteiger charge is -2.31. The fourth-order valence-corrected chi connectivity index (χ4v) is 5.06. The van der Waals surface area contributed by atoms with E-state index in [0.29, 0.717) is 22.0 Å². The molecule has 2 rings (SSSR count). The predicted octanol–water partition coefficient (Wildman–Crippen LogP) is 4.23. The van der Waals surface area contributed by atoms with E-state index in [1.165, 1.54) is 36.2 Å². The van der Waals surface area contributed by atoms with Crippen molar-refractivity contribution in [3.05, 3.63) is 63.9 Å². The van der Waals surface area contributed by atoms with Crippen LogP contribution in [0.5, 0.6) is 0 Å². The number of benzene rings is 2. The van der Waals surface area contributed by atoms with Crippen molar-refractivity contribution in [2.45, 2.75) is 38.8 Å². The summed E-state index contributed by atoms with van der Waals surface area (Å²) >= 11 is 12.6. The smallest absolute Gasteiger partial charge is 0.242 e. The van der Waals surface area contributed by atoms with E-state index in [4.69, 9.17) is 23.2 Å². The highest BCUT2D eigenvalue weighted by Crippen LogP contribution is 2.28. The molecular formula is C23H28Cl2FN3O4S. The third-order valence-corrected chi connectivity index (χ3v) is 7.18. The number of nitrogens with one attached hydrogen (secondary N) is 1. The maximum atomic E-state index is 14.2. The zero-order chi connectivity index (χ0) is 25.5. The van der Waals surface area contributed by atoms with Gasteiger partial charge in [0.05, 0.1) is 11.9 Å². The number of halogens is 3. The third kappa shape index (κ3) is 7.07. The largest absolute Gasteiger partial charge is 0.357 e. The molecule has 0 radical (unpaired) electrons. The van der Waals surface area contributed by atoms with Gasteiger partial charge in [0, 0.05) is 42.2 Å². The number of carbonyl (C=O) groups is 2. The number of hydrogen-bond acceptors (Lipinski definition) is 4. The number of para-hydroxylation sites is 1. The lowest BCUT2D eigenvalue weighted by atomic mass is 10.1. The van der Waals surface area contributed by atoms with Crippen LogP contribution in [0.2, 0.25) is 10.0 Å². The molecule has 0 aromatic heterocycles. The third-order valence-electron chi connectivity index (χ3n) is 5.30. The van der Waals surface area contributed by atoms with E-state index < -0.39 is 21.9 Å². The summed E-state index contributed by atoms with van der Waals surface area (Å²) in [7, 11) is -2.31. The van der Waals surface area contributed by atoms with Crippen molar-refractivity contribution in [3.63, 3.8) is 0 Å². The highest BCUT2D eigenvalue weighted by Gasteiger charge is 2.29. The summed E-state index contributed by atoms with van der Waals surface area (Å²) in [6, 6.07) is 9.72. The Hall–Kier alpha value is -2.36. The molecule has 7 nitrogen and oxygen atoms in total. The van der Waals surface area contributed by atoms with Gasteiger partial charge in [-0.1, -0.05) is 48.3 Å². The number of rotatable bonds is 11. The molecule has 0 aliphatic rings. The van der Waals surface area contributed by atoms with Crippen molar-refractivity contribution in [2.24, 2.45) is 0 Å². The molecule has 11 heteroatoms. The maximum absolute atomic E-state index is 14.2. The fourth-order valence-electron chi connectivity index (χ4n) is 3.58. The van der Waals surface area contributed by atoms with Crippen molar-refractivity contribution in [1.29, 1.82) is 0 Å². The molecule has 1 unspecified atom stereocenters. The second kappa shape index (κ2) is 12.4.